The molecule has 1 amide bonds. The number of aliphatic carboxylic acids is 1. The summed E-state index contributed by atoms with van der Waals surface area (Å²) in [5, 5.41) is 11.6. The molecule has 0 radical (unpaired) electrons. The van der Waals surface area contributed by atoms with E-state index >= 15 is 0 Å². The van der Waals surface area contributed by atoms with Gasteiger partial charge in [-0.1, -0.05) is 41.5 Å². The number of hydrogen-bond donors (Lipinski definition) is 3. The molecule has 0 aromatic heterocycles. The number of carbonyl (C=O) groups is 2. The van der Waals surface area contributed by atoms with Crippen molar-refractivity contribution in [3.63, 3.8) is 0 Å². The second-order valence-corrected chi connectivity index (χ2v) is 6.49. The molecule has 100 valence electrons. The molecule has 0 aliphatic rings. The lowest BCUT2D eigenvalue weighted by Gasteiger charge is -2.32. The average molecular weight is 244 g/mol. The fourth-order valence-electron chi connectivity index (χ4n) is 1.27. The Labute approximate surface area is 103 Å². The fraction of sp³-hybridized carbons (Fsp3) is 0.833. The highest BCUT2D eigenvalue weighted by Crippen LogP contribution is 2.21. The number of carboxylic acid groups (broad SMARTS) is 1. The Kier molecular flexibility index (Phi) is 4.71. The SMILES string of the molecule is CC(C)(C)C(N)C(=O)NC(C(=O)O)C(C)(C)C. The Morgan fingerprint density at radius 1 is 1.06 bits per heavy atom. The third-order valence-corrected chi connectivity index (χ3v) is 2.62. The number of hydrogen-bond acceptors (Lipinski definition) is 3. The van der Waals surface area contributed by atoms with Crippen LogP contribution in [-0.4, -0.2) is 29.1 Å². The third-order valence-electron chi connectivity index (χ3n) is 2.62. The lowest BCUT2D eigenvalue weighted by molar-refractivity contribution is -0.145. The van der Waals surface area contributed by atoms with E-state index in [4.69, 9.17) is 10.8 Å². The number of rotatable bonds is 3. The molecule has 2 atom stereocenters. The number of carboxylic acids is 1. The maximum absolute atomic E-state index is 11.9. The van der Waals surface area contributed by atoms with Crippen LogP contribution in [0.1, 0.15) is 41.5 Å². The molecular formula is C12H24N2O3. The van der Waals surface area contributed by atoms with Gasteiger partial charge < -0.3 is 16.2 Å². The minimum atomic E-state index is -1.05. The Hall–Kier alpha value is -1.10. The second kappa shape index (κ2) is 5.04. The summed E-state index contributed by atoms with van der Waals surface area (Å²) in [5.41, 5.74) is 4.83. The number of nitrogens with two attached hydrogens (primary N) is 1. The number of amides is 1. The topological polar surface area (TPSA) is 92.4 Å². The fourth-order valence-corrected chi connectivity index (χ4v) is 1.27. The van der Waals surface area contributed by atoms with Gasteiger partial charge in [-0.05, 0) is 10.8 Å². The van der Waals surface area contributed by atoms with Crippen LogP contribution in [0.15, 0.2) is 0 Å². The van der Waals surface area contributed by atoms with Crippen molar-refractivity contribution in [3.8, 4) is 0 Å². The first kappa shape index (κ1) is 15.9. The highest BCUT2D eigenvalue weighted by Gasteiger charge is 2.36. The molecule has 0 fully saturated rings. The summed E-state index contributed by atoms with van der Waals surface area (Å²) in [6.45, 7) is 10.8. The predicted molar refractivity (Wildman–Crippen MR) is 66.5 cm³/mol. The molecule has 0 aliphatic carbocycles. The molecule has 0 spiro atoms. The molecule has 5 heteroatoms. The van der Waals surface area contributed by atoms with Crippen LogP contribution in [0.2, 0.25) is 0 Å². The average Bonchev–Trinajstić information content (AvgIpc) is 2.08. The highest BCUT2D eigenvalue weighted by molar-refractivity contribution is 5.87. The Balaban J connectivity index is 4.82. The molecule has 4 N–H and O–H groups in total. The van der Waals surface area contributed by atoms with Gasteiger partial charge >= 0.3 is 5.97 Å². The van der Waals surface area contributed by atoms with Crippen molar-refractivity contribution in [2.24, 2.45) is 16.6 Å². The van der Waals surface area contributed by atoms with Crippen molar-refractivity contribution in [1.29, 1.82) is 0 Å². The van der Waals surface area contributed by atoms with Crippen molar-refractivity contribution >= 4 is 11.9 Å². The Morgan fingerprint density at radius 2 is 1.47 bits per heavy atom. The monoisotopic (exact) mass is 244 g/mol. The van der Waals surface area contributed by atoms with Crippen LogP contribution in [-0.2, 0) is 9.59 Å². The molecular weight excluding hydrogens is 220 g/mol. The first-order chi connectivity index (χ1) is 7.37. The van der Waals surface area contributed by atoms with Crippen LogP contribution in [0, 0.1) is 10.8 Å². The normalized spacial score (nSPS) is 16.2. The van der Waals surface area contributed by atoms with Gasteiger partial charge in [0, 0.05) is 0 Å². The van der Waals surface area contributed by atoms with E-state index in [0.717, 1.165) is 0 Å². The smallest absolute Gasteiger partial charge is 0.326 e. The summed E-state index contributed by atoms with van der Waals surface area (Å²) in [6, 6.07) is -1.67. The molecule has 0 rings (SSSR count). The van der Waals surface area contributed by atoms with Gasteiger partial charge in [0.15, 0.2) is 0 Å². The molecule has 0 bridgehead atoms. The zero-order valence-electron chi connectivity index (χ0n) is 11.5. The van der Waals surface area contributed by atoms with E-state index in [9.17, 15) is 9.59 Å². The van der Waals surface area contributed by atoms with Gasteiger partial charge in [-0.3, -0.25) is 4.79 Å². The van der Waals surface area contributed by atoms with Crippen molar-refractivity contribution in [3.05, 3.63) is 0 Å². The molecule has 5 nitrogen and oxygen atoms in total. The van der Waals surface area contributed by atoms with E-state index < -0.39 is 34.8 Å². The molecule has 0 saturated heterocycles. The van der Waals surface area contributed by atoms with Gasteiger partial charge in [0.05, 0.1) is 6.04 Å². The van der Waals surface area contributed by atoms with Crippen LogP contribution in [0.4, 0.5) is 0 Å². The summed E-state index contributed by atoms with van der Waals surface area (Å²) >= 11 is 0. The third kappa shape index (κ3) is 4.73. The maximum atomic E-state index is 11.9. The zero-order valence-corrected chi connectivity index (χ0v) is 11.5. The second-order valence-electron chi connectivity index (χ2n) is 6.49. The van der Waals surface area contributed by atoms with Gasteiger partial charge in [0.25, 0.3) is 0 Å². The van der Waals surface area contributed by atoms with Gasteiger partial charge in [0.1, 0.15) is 6.04 Å². The summed E-state index contributed by atoms with van der Waals surface area (Å²) < 4.78 is 0. The van der Waals surface area contributed by atoms with Crippen molar-refractivity contribution in [1.82, 2.24) is 5.32 Å². The molecule has 0 aromatic rings. The quantitative estimate of drug-likeness (QED) is 0.690. The van der Waals surface area contributed by atoms with Gasteiger partial charge in [-0.2, -0.15) is 0 Å². The number of nitrogens with one attached hydrogen (secondary N) is 1. The van der Waals surface area contributed by atoms with E-state index in [2.05, 4.69) is 5.32 Å². The van der Waals surface area contributed by atoms with Gasteiger partial charge in [-0.25, -0.2) is 4.79 Å². The standard InChI is InChI=1S/C12H24N2O3/c1-11(2,3)7(13)9(15)14-8(10(16)17)12(4,5)6/h7-8H,13H2,1-6H3,(H,14,15)(H,16,17). The zero-order chi connectivity index (χ0) is 14.0. The largest absolute Gasteiger partial charge is 0.480 e. The van der Waals surface area contributed by atoms with Crippen LogP contribution >= 0.6 is 0 Å². The van der Waals surface area contributed by atoms with Gasteiger partial charge in [0.2, 0.25) is 5.91 Å². The van der Waals surface area contributed by atoms with Gasteiger partial charge in [-0.15, -0.1) is 0 Å². The highest BCUT2D eigenvalue weighted by atomic mass is 16.4. The van der Waals surface area contributed by atoms with Crippen LogP contribution in [0.3, 0.4) is 0 Å². The first-order valence-corrected chi connectivity index (χ1v) is 5.66. The summed E-state index contributed by atoms with van der Waals surface area (Å²) in [7, 11) is 0. The summed E-state index contributed by atoms with van der Waals surface area (Å²) in [4.78, 5) is 23.0. The Bertz CT molecular complexity index is 300. The van der Waals surface area contributed by atoms with Crippen LogP contribution < -0.4 is 11.1 Å². The number of carbonyl (C=O) groups excluding carboxylic acids is 1. The maximum Gasteiger partial charge on any atom is 0.326 e. The minimum Gasteiger partial charge on any atom is -0.480 e. The van der Waals surface area contributed by atoms with E-state index in [-0.39, 0.29) is 0 Å². The Morgan fingerprint density at radius 3 is 1.71 bits per heavy atom. The van der Waals surface area contributed by atoms with E-state index in [0.29, 0.717) is 0 Å². The predicted octanol–water partition coefficient (Wildman–Crippen LogP) is 0.975. The lowest BCUT2D eigenvalue weighted by Crippen LogP contribution is -2.56. The molecule has 0 aliphatic heterocycles. The molecule has 0 saturated carbocycles. The molecule has 2 unspecified atom stereocenters. The van der Waals surface area contributed by atoms with Crippen molar-refractivity contribution in [2.45, 2.75) is 53.6 Å². The van der Waals surface area contributed by atoms with E-state index in [1.165, 1.54) is 0 Å². The minimum absolute atomic E-state index is 0.398. The van der Waals surface area contributed by atoms with E-state index in [1.54, 1.807) is 20.8 Å². The van der Waals surface area contributed by atoms with Crippen LogP contribution in [0.5, 0.6) is 0 Å². The first-order valence-electron chi connectivity index (χ1n) is 5.66. The summed E-state index contributed by atoms with van der Waals surface area (Å²) in [6.07, 6.45) is 0. The van der Waals surface area contributed by atoms with Crippen molar-refractivity contribution < 1.29 is 14.7 Å². The van der Waals surface area contributed by atoms with Crippen LogP contribution in [0.25, 0.3) is 0 Å². The molecule has 17 heavy (non-hydrogen) atoms. The molecule has 0 heterocycles. The lowest BCUT2D eigenvalue weighted by atomic mass is 9.84. The molecule has 0 aromatic carbocycles. The van der Waals surface area contributed by atoms with E-state index in [1.807, 2.05) is 20.8 Å². The van der Waals surface area contributed by atoms with Crippen molar-refractivity contribution in [2.75, 3.05) is 0 Å². The summed E-state index contributed by atoms with van der Waals surface area (Å²) in [5.74, 6) is -1.48.